The third kappa shape index (κ3) is 9.19. The molecule has 58 heavy (non-hydrogen) atoms. The number of halogens is 4. The third-order valence-corrected chi connectivity index (χ3v) is 10.5. The molecule has 0 saturated heterocycles. The predicted octanol–water partition coefficient (Wildman–Crippen LogP) is 9.19. The molecule has 0 aliphatic heterocycles. The van der Waals surface area contributed by atoms with E-state index in [0.29, 0.717) is 61.3 Å². The van der Waals surface area contributed by atoms with Gasteiger partial charge in [-0.15, -0.1) is 0 Å². The van der Waals surface area contributed by atoms with Crippen LogP contribution in [0.5, 0.6) is 11.5 Å². The number of aromatic nitrogens is 2. The van der Waals surface area contributed by atoms with Gasteiger partial charge in [0.2, 0.25) is 11.8 Å². The van der Waals surface area contributed by atoms with Gasteiger partial charge in [0.1, 0.15) is 0 Å². The molecule has 0 spiro atoms. The molecule has 14 heteroatoms. The van der Waals surface area contributed by atoms with Crippen LogP contribution in [0, 0.1) is 25.5 Å². The van der Waals surface area contributed by atoms with Crippen LogP contribution < -0.4 is 10.6 Å². The molecular weight excluding hydrogens is 789 g/mol. The van der Waals surface area contributed by atoms with Crippen molar-refractivity contribution >= 4 is 68.6 Å². The van der Waals surface area contributed by atoms with Crippen LogP contribution in [0.3, 0.4) is 0 Å². The molecule has 6 rings (SSSR count). The number of rotatable bonds is 11. The molecule has 4 N–H and O–H groups in total. The van der Waals surface area contributed by atoms with Gasteiger partial charge in [-0.05, 0) is 118 Å². The minimum atomic E-state index is -0.848. The molecular formula is C44H44Cl2F2N4O6. The van der Waals surface area contributed by atoms with Gasteiger partial charge in [-0.1, -0.05) is 43.5 Å². The van der Waals surface area contributed by atoms with Crippen LogP contribution in [-0.4, -0.2) is 55.6 Å². The summed E-state index contributed by atoms with van der Waals surface area (Å²) in [6, 6.07) is 18.1. The number of benzene rings is 4. The van der Waals surface area contributed by atoms with Crippen molar-refractivity contribution in [3.05, 3.63) is 128 Å². The Kier molecular flexibility index (Phi) is 14.0. The summed E-state index contributed by atoms with van der Waals surface area (Å²) < 4.78 is 32.4. The van der Waals surface area contributed by atoms with E-state index >= 15 is 0 Å². The van der Waals surface area contributed by atoms with Crippen molar-refractivity contribution in [2.24, 2.45) is 0 Å². The summed E-state index contributed by atoms with van der Waals surface area (Å²) in [5.41, 5.74) is 3.00. The number of aromatic hydroxyl groups is 2. The summed E-state index contributed by atoms with van der Waals surface area (Å²) in [7, 11) is 0. The summed E-state index contributed by atoms with van der Waals surface area (Å²) in [5, 5.41) is 26.5. The normalized spacial score (nSPS) is 11.6. The summed E-state index contributed by atoms with van der Waals surface area (Å²) >= 11 is 11.8. The zero-order valence-corrected chi connectivity index (χ0v) is 34.2. The molecule has 0 aliphatic carbocycles. The fourth-order valence-corrected chi connectivity index (χ4v) is 6.92. The average molecular weight is 834 g/mol. The first kappa shape index (κ1) is 43.4. The first-order valence-electron chi connectivity index (χ1n) is 18.8. The van der Waals surface area contributed by atoms with Crippen LogP contribution in [0.15, 0.2) is 72.8 Å². The van der Waals surface area contributed by atoms with Gasteiger partial charge < -0.3 is 20.8 Å². The van der Waals surface area contributed by atoms with E-state index in [1.165, 1.54) is 33.4 Å². The van der Waals surface area contributed by atoms with Crippen LogP contribution in [0.2, 0.25) is 10.0 Å². The number of unbranched alkanes of at least 4 members (excludes halogenated alkanes) is 1. The molecule has 10 nitrogen and oxygen atoms in total. The minimum absolute atomic E-state index is 0.0231. The molecule has 1 unspecified atom stereocenters. The van der Waals surface area contributed by atoms with E-state index in [1.807, 2.05) is 20.8 Å². The number of carbonyl (C=O) groups excluding carboxylic acids is 4. The Balaban J connectivity index is 0.000000221. The van der Waals surface area contributed by atoms with Crippen molar-refractivity contribution in [3.63, 3.8) is 0 Å². The van der Waals surface area contributed by atoms with E-state index in [0.717, 1.165) is 19.3 Å². The highest BCUT2D eigenvalue weighted by Gasteiger charge is 2.27. The number of fused-ring (bicyclic) bond motifs is 2. The van der Waals surface area contributed by atoms with Crippen LogP contribution >= 0.6 is 23.2 Å². The summed E-state index contributed by atoms with van der Waals surface area (Å²) in [5.74, 6) is -4.03. The molecule has 6 aromatic rings. The van der Waals surface area contributed by atoms with Gasteiger partial charge >= 0.3 is 0 Å². The van der Waals surface area contributed by atoms with Crippen LogP contribution in [0.25, 0.3) is 21.8 Å². The highest BCUT2D eigenvalue weighted by molar-refractivity contribution is 6.31. The summed E-state index contributed by atoms with van der Waals surface area (Å²) in [6.45, 7) is 9.71. The topological polar surface area (TPSA) is 143 Å². The maximum Gasteiger partial charge on any atom is 0.262 e. The first-order chi connectivity index (χ1) is 27.6. The molecule has 0 fully saturated rings. The molecule has 304 valence electrons. The van der Waals surface area contributed by atoms with Crippen LogP contribution in [0.1, 0.15) is 83.3 Å². The minimum Gasteiger partial charge on any atom is -0.505 e. The van der Waals surface area contributed by atoms with E-state index in [9.17, 15) is 38.2 Å². The number of hydrogen-bond donors (Lipinski definition) is 4. The lowest BCUT2D eigenvalue weighted by Crippen LogP contribution is -2.33. The lowest BCUT2D eigenvalue weighted by molar-refractivity contribution is -0.121. The highest BCUT2D eigenvalue weighted by atomic mass is 35.5. The fraction of sp³-hybridized carbons (Fsp3) is 0.273. The van der Waals surface area contributed by atoms with E-state index in [-0.39, 0.29) is 53.3 Å². The van der Waals surface area contributed by atoms with Crippen molar-refractivity contribution < 1.29 is 38.2 Å². The number of hydrogen-bond acceptors (Lipinski definition) is 6. The van der Waals surface area contributed by atoms with E-state index in [2.05, 4.69) is 10.6 Å². The van der Waals surface area contributed by atoms with Crippen molar-refractivity contribution in [1.29, 1.82) is 0 Å². The quantitative estimate of drug-likeness (QED) is 0.0960. The van der Waals surface area contributed by atoms with Gasteiger partial charge in [-0.3, -0.25) is 28.3 Å². The molecule has 0 aliphatic rings. The molecule has 2 amide bonds. The Morgan fingerprint density at radius 3 is 1.48 bits per heavy atom. The van der Waals surface area contributed by atoms with Crippen LogP contribution in [-0.2, 0) is 22.4 Å². The van der Waals surface area contributed by atoms with Gasteiger partial charge in [-0.25, -0.2) is 8.78 Å². The second kappa shape index (κ2) is 18.7. The molecule has 1 atom stereocenters. The van der Waals surface area contributed by atoms with Crippen LogP contribution in [0.4, 0.5) is 8.78 Å². The zero-order valence-electron chi connectivity index (χ0n) is 32.7. The van der Waals surface area contributed by atoms with Gasteiger partial charge in [0.05, 0.1) is 23.9 Å². The van der Waals surface area contributed by atoms with Crippen molar-refractivity contribution in [2.45, 2.75) is 72.8 Å². The number of phenolic OH excluding ortho intramolecular Hbond substituents is 2. The van der Waals surface area contributed by atoms with E-state index in [4.69, 9.17) is 23.2 Å². The molecule has 2 aromatic heterocycles. The third-order valence-electron chi connectivity index (χ3n) is 9.96. The average Bonchev–Trinajstić information content (AvgIpc) is 3.63. The smallest absolute Gasteiger partial charge is 0.262 e. The predicted molar refractivity (Wildman–Crippen MR) is 222 cm³/mol. The Morgan fingerprint density at radius 2 is 1.09 bits per heavy atom. The van der Waals surface area contributed by atoms with Gasteiger partial charge in [-0.2, -0.15) is 0 Å². The SMILES string of the molecule is CCC(C)NC(=O)Cc1c(C)n(C(=O)c2ccc(Cl)cc2)c2ccc(O)c(F)c12.CCCCNC(=O)Cc1c(C)n(C(=O)c2ccc(Cl)cc2)c2ccc(O)c(F)c12. The van der Waals surface area contributed by atoms with Crippen molar-refractivity contribution in [3.8, 4) is 11.5 Å². The second-order valence-electron chi connectivity index (χ2n) is 13.9. The molecule has 0 bridgehead atoms. The standard InChI is InChI=1S/2C22H22ClFN2O3/c1-4-12(2)25-19(28)11-16-13(3)26(17-9-10-18(27)21(24)20(16)17)22(29)14-5-7-15(23)8-6-14;1-3-4-11-25-19(28)12-16-13(2)26(17-9-10-18(27)21(24)20(16)17)22(29)14-5-7-15(23)8-6-14/h5-10,12,27H,4,11H2,1-3H3,(H,25,28);5-10,27H,3-4,11-12H2,1-2H3,(H,25,28). The molecule has 0 radical (unpaired) electrons. The Hall–Kier alpha value is -5.72. The number of nitrogens with zero attached hydrogens (tertiary/aromatic N) is 2. The second-order valence-corrected chi connectivity index (χ2v) is 14.8. The monoisotopic (exact) mass is 832 g/mol. The van der Waals surface area contributed by atoms with Crippen molar-refractivity contribution in [2.75, 3.05) is 6.54 Å². The number of nitrogens with one attached hydrogen (secondary N) is 2. The van der Waals surface area contributed by atoms with Gasteiger partial charge in [0.25, 0.3) is 11.8 Å². The summed E-state index contributed by atoms with van der Waals surface area (Å²) in [6.07, 6.45) is 2.35. The number of amides is 2. The maximum atomic E-state index is 14.8. The Labute approximate surface area is 344 Å². The maximum absolute atomic E-state index is 14.8. The molecule has 4 aromatic carbocycles. The number of carbonyl (C=O) groups is 4. The highest BCUT2D eigenvalue weighted by Crippen LogP contribution is 2.35. The first-order valence-corrected chi connectivity index (χ1v) is 19.5. The largest absolute Gasteiger partial charge is 0.505 e. The molecule has 0 saturated carbocycles. The Morgan fingerprint density at radius 1 is 0.672 bits per heavy atom. The van der Waals surface area contributed by atoms with E-state index < -0.39 is 23.1 Å². The van der Waals surface area contributed by atoms with Crippen molar-refractivity contribution in [1.82, 2.24) is 19.8 Å². The van der Waals surface area contributed by atoms with Gasteiger partial charge in [0, 0.05) is 55.9 Å². The molecule has 2 heterocycles. The Bertz CT molecular complexity index is 2510. The fourth-order valence-electron chi connectivity index (χ4n) is 6.66. The van der Waals surface area contributed by atoms with E-state index in [1.54, 1.807) is 62.4 Å². The lowest BCUT2D eigenvalue weighted by atomic mass is 10.1. The zero-order chi connectivity index (χ0) is 42.4. The number of phenols is 2. The lowest BCUT2D eigenvalue weighted by Gasteiger charge is -2.12. The summed E-state index contributed by atoms with van der Waals surface area (Å²) in [4.78, 5) is 51.1. The van der Waals surface area contributed by atoms with Gasteiger partial charge in [0.15, 0.2) is 23.1 Å².